The number of aryl methyl sites for hydroxylation is 1. The third-order valence-electron chi connectivity index (χ3n) is 2.88. The molecule has 0 atom stereocenters. The highest BCUT2D eigenvalue weighted by atomic mass is 32.2. The number of nitrogens with one attached hydrogen (secondary N) is 1. The van der Waals surface area contributed by atoms with Crippen molar-refractivity contribution in [2.45, 2.75) is 26.7 Å². The van der Waals surface area contributed by atoms with Gasteiger partial charge < -0.3 is 4.52 Å². The molecular formula is C14H19N3O3S. The van der Waals surface area contributed by atoms with Gasteiger partial charge in [-0.2, -0.15) is 4.98 Å². The van der Waals surface area contributed by atoms with Crippen LogP contribution in [0, 0.1) is 6.92 Å². The summed E-state index contributed by atoms with van der Waals surface area (Å²) < 4.78 is 30.7. The van der Waals surface area contributed by atoms with Gasteiger partial charge in [-0.05, 0) is 19.4 Å². The molecule has 0 fully saturated rings. The second-order valence-corrected chi connectivity index (χ2v) is 6.77. The number of hydrogen-bond acceptors (Lipinski definition) is 5. The Bertz CT molecular complexity index is 695. The molecule has 0 saturated carbocycles. The summed E-state index contributed by atoms with van der Waals surface area (Å²) >= 11 is 0. The van der Waals surface area contributed by atoms with E-state index in [0.29, 0.717) is 24.6 Å². The molecule has 114 valence electrons. The molecule has 1 heterocycles. The van der Waals surface area contributed by atoms with Crippen LogP contribution in [0.2, 0.25) is 0 Å². The molecule has 2 rings (SSSR count). The Morgan fingerprint density at radius 1 is 1.33 bits per heavy atom. The van der Waals surface area contributed by atoms with Crippen LogP contribution in [0.25, 0.3) is 11.4 Å². The van der Waals surface area contributed by atoms with Gasteiger partial charge in [0.25, 0.3) is 0 Å². The average Bonchev–Trinajstić information content (AvgIpc) is 2.87. The molecule has 6 nitrogen and oxygen atoms in total. The van der Waals surface area contributed by atoms with E-state index >= 15 is 0 Å². The molecule has 0 aliphatic rings. The van der Waals surface area contributed by atoms with E-state index in [2.05, 4.69) is 14.9 Å². The standard InChI is InChI=1S/C14H19N3O3S/c1-3-9-21(18,19)15-8-7-13-16-14(17-20-13)12-6-4-5-11(2)10-12/h4-6,10,15H,3,7-9H2,1-2H3. The van der Waals surface area contributed by atoms with Gasteiger partial charge in [-0.3, -0.25) is 0 Å². The van der Waals surface area contributed by atoms with Crippen LogP contribution in [0.5, 0.6) is 0 Å². The highest BCUT2D eigenvalue weighted by molar-refractivity contribution is 7.89. The first-order valence-electron chi connectivity index (χ1n) is 6.87. The van der Waals surface area contributed by atoms with Gasteiger partial charge in [0, 0.05) is 18.5 Å². The third-order valence-corrected chi connectivity index (χ3v) is 4.47. The molecule has 2 aromatic rings. The van der Waals surface area contributed by atoms with Crippen molar-refractivity contribution in [3.05, 3.63) is 35.7 Å². The predicted molar refractivity (Wildman–Crippen MR) is 80.3 cm³/mol. The van der Waals surface area contributed by atoms with E-state index in [0.717, 1.165) is 11.1 Å². The first-order chi connectivity index (χ1) is 10.00. The minimum absolute atomic E-state index is 0.130. The van der Waals surface area contributed by atoms with Crippen molar-refractivity contribution in [1.82, 2.24) is 14.9 Å². The summed E-state index contributed by atoms with van der Waals surface area (Å²) in [6, 6.07) is 7.80. The lowest BCUT2D eigenvalue weighted by Crippen LogP contribution is -2.28. The summed E-state index contributed by atoms with van der Waals surface area (Å²) in [7, 11) is -3.19. The maximum absolute atomic E-state index is 11.5. The SMILES string of the molecule is CCCS(=O)(=O)NCCc1nc(-c2cccc(C)c2)no1. The van der Waals surface area contributed by atoms with Gasteiger partial charge in [-0.1, -0.05) is 35.8 Å². The van der Waals surface area contributed by atoms with Crippen LogP contribution in [-0.2, 0) is 16.4 Å². The Kier molecular flexibility index (Phi) is 5.08. The second kappa shape index (κ2) is 6.82. The molecule has 0 amide bonds. The first kappa shape index (κ1) is 15.7. The number of aromatic nitrogens is 2. The van der Waals surface area contributed by atoms with Crippen molar-refractivity contribution in [3.8, 4) is 11.4 Å². The van der Waals surface area contributed by atoms with Crippen molar-refractivity contribution in [3.63, 3.8) is 0 Å². The first-order valence-corrected chi connectivity index (χ1v) is 8.52. The molecule has 1 aromatic heterocycles. The van der Waals surface area contributed by atoms with Gasteiger partial charge in [0.15, 0.2) is 0 Å². The fourth-order valence-electron chi connectivity index (χ4n) is 1.91. The normalized spacial score (nSPS) is 11.7. The van der Waals surface area contributed by atoms with Crippen molar-refractivity contribution < 1.29 is 12.9 Å². The largest absolute Gasteiger partial charge is 0.339 e. The maximum atomic E-state index is 11.5. The zero-order valence-electron chi connectivity index (χ0n) is 12.2. The summed E-state index contributed by atoms with van der Waals surface area (Å²) in [5, 5.41) is 3.92. The van der Waals surface area contributed by atoms with E-state index < -0.39 is 10.0 Å². The molecule has 0 radical (unpaired) electrons. The van der Waals surface area contributed by atoms with E-state index in [-0.39, 0.29) is 12.3 Å². The van der Waals surface area contributed by atoms with E-state index in [4.69, 9.17) is 4.52 Å². The highest BCUT2D eigenvalue weighted by Crippen LogP contribution is 2.16. The lowest BCUT2D eigenvalue weighted by Gasteiger charge is -2.02. The molecule has 0 bridgehead atoms. The number of benzene rings is 1. The average molecular weight is 309 g/mol. The Morgan fingerprint density at radius 3 is 2.86 bits per heavy atom. The molecule has 0 saturated heterocycles. The summed E-state index contributed by atoms with van der Waals surface area (Å²) in [6.45, 7) is 4.08. The van der Waals surface area contributed by atoms with E-state index in [1.165, 1.54) is 0 Å². The molecule has 1 aromatic carbocycles. The van der Waals surface area contributed by atoms with Crippen LogP contribution in [0.15, 0.2) is 28.8 Å². The van der Waals surface area contributed by atoms with Gasteiger partial charge >= 0.3 is 0 Å². The molecule has 0 aliphatic heterocycles. The van der Waals surface area contributed by atoms with Gasteiger partial charge in [-0.25, -0.2) is 13.1 Å². The summed E-state index contributed by atoms with van der Waals surface area (Å²) in [4.78, 5) is 4.27. The van der Waals surface area contributed by atoms with E-state index in [1.54, 1.807) is 0 Å². The Labute approximate surface area is 124 Å². The minimum Gasteiger partial charge on any atom is -0.339 e. The highest BCUT2D eigenvalue weighted by Gasteiger charge is 2.11. The molecule has 0 spiro atoms. The molecule has 21 heavy (non-hydrogen) atoms. The molecule has 7 heteroatoms. The number of sulfonamides is 1. The monoisotopic (exact) mass is 309 g/mol. The van der Waals surface area contributed by atoms with E-state index in [1.807, 2.05) is 38.1 Å². The second-order valence-electron chi connectivity index (χ2n) is 4.84. The lowest BCUT2D eigenvalue weighted by atomic mass is 10.1. The third kappa shape index (κ3) is 4.64. The fourth-order valence-corrected chi connectivity index (χ4v) is 3.01. The maximum Gasteiger partial charge on any atom is 0.228 e. The Morgan fingerprint density at radius 2 is 2.14 bits per heavy atom. The Hall–Kier alpha value is -1.73. The lowest BCUT2D eigenvalue weighted by molar-refractivity contribution is 0.379. The van der Waals surface area contributed by atoms with Gasteiger partial charge in [0.1, 0.15) is 0 Å². The van der Waals surface area contributed by atoms with Crippen LogP contribution in [-0.4, -0.2) is 30.9 Å². The molecule has 1 N–H and O–H groups in total. The number of nitrogens with zero attached hydrogens (tertiary/aromatic N) is 2. The van der Waals surface area contributed by atoms with Gasteiger partial charge in [0.05, 0.1) is 5.75 Å². The quantitative estimate of drug-likeness (QED) is 0.844. The van der Waals surface area contributed by atoms with Crippen LogP contribution >= 0.6 is 0 Å². The zero-order valence-corrected chi connectivity index (χ0v) is 13.0. The Balaban J connectivity index is 1.95. The van der Waals surface area contributed by atoms with Crippen molar-refractivity contribution >= 4 is 10.0 Å². The predicted octanol–water partition coefficient (Wildman–Crippen LogP) is 1.92. The molecule has 0 aliphatic carbocycles. The molecule has 0 unspecified atom stereocenters. The minimum atomic E-state index is -3.19. The van der Waals surface area contributed by atoms with Crippen LogP contribution in [0.4, 0.5) is 0 Å². The number of hydrogen-bond donors (Lipinski definition) is 1. The fraction of sp³-hybridized carbons (Fsp3) is 0.429. The van der Waals surface area contributed by atoms with E-state index in [9.17, 15) is 8.42 Å². The smallest absolute Gasteiger partial charge is 0.228 e. The van der Waals surface area contributed by atoms with Gasteiger partial charge in [0.2, 0.25) is 21.7 Å². The topological polar surface area (TPSA) is 85.1 Å². The van der Waals surface area contributed by atoms with Crippen LogP contribution in [0.3, 0.4) is 0 Å². The molecular weight excluding hydrogens is 290 g/mol. The van der Waals surface area contributed by atoms with Crippen molar-refractivity contribution in [1.29, 1.82) is 0 Å². The van der Waals surface area contributed by atoms with Crippen molar-refractivity contribution in [2.75, 3.05) is 12.3 Å². The van der Waals surface area contributed by atoms with Crippen LogP contribution in [0.1, 0.15) is 24.8 Å². The summed E-state index contributed by atoms with van der Waals surface area (Å²) in [5.41, 5.74) is 2.00. The zero-order chi connectivity index (χ0) is 15.3. The number of rotatable bonds is 7. The van der Waals surface area contributed by atoms with Gasteiger partial charge in [-0.15, -0.1) is 0 Å². The summed E-state index contributed by atoms with van der Waals surface area (Å²) in [5.74, 6) is 1.07. The van der Waals surface area contributed by atoms with Crippen LogP contribution < -0.4 is 4.72 Å². The summed E-state index contributed by atoms with van der Waals surface area (Å²) in [6.07, 6.45) is 0.967. The van der Waals surface area contributed by atoms with Crippen molar-refractivity contribution in [2.24, 2.45) is 0 Å².